The van der Waals surface area contributed by atoms with Crippen molar-refractivity contribution in [2.75, 3.05) is 0 Å². The Hall–Kier alpha value is -1.42. The number of hydrogen-bond acceptors (Lipinski definition) is 3. The molecule has 2 aromatic heterocycles. The van der Waals surface area contributed by atoms with Crippen LogP contribution in [0.15, 0.2) is 23.3 Å². The van der Waals surface area contributed by atoms with Gasteiger partial charge in [0, 0.05) is 0 Å². The molecular formula is C10H10N2OS. The van der Waals surface area contributed by atoms with Gasteiger partial charge in [-0.1, -0.05) is 0 Å². The average molecular weight is 206 g/mol. The van der Waals surface area contributed by atoms with Crippen LogP contribution in [0.3, 0.4) is 0 Å². The van der Waals surface area contributed by atoms with E-state index in [2.05, 4.69) is 22.7 Å². The van der Waals surface area contributed by atoms with Crippen molar-refractivity contribution < 1.29 is 4.79 Å². The van der Waals surface area contributed by atoms with E-state index < -0.39 is 0 Å². The van der Waals surface area contributed by atoms with Crippen LogP contribution in [0.4, 0.5) is 0 Å². The SMILES string of the molecule is Cc1cscc1Cn1cncc1C=O. The van der Waals surface area contributed by atoms with E-state index in [1.165, 1.54) is 11.1 Å². The van der Waals surface area contributed by atoms with Crippen molar-refractivity contribution in [3.05, 3.63) is 40.1 Å². The van der Waals surface area contributed by atoms with Gasteiger partial charge in [-0.25, -0.2) is 4.98 Å². The summed E-state index contributed by atoms with van der Waals surface area (Å²) in [4.78, 5) is 14.6. The van der Waals surface area contributed by atoms with Crippen LogP contribution < -0.4 is 0 Å². The first-order valence-electron chi connectivity index (χ1n) is 4.28. The number of thiophene rings is 1. The third-order valence-electron chi connectivity index (χ3n) is 2.17. The largest absolute Gasteiger partial charge is 0.324 e. The van der Waals surface area contributed by atoms with Gasteiger partial charge in [-0.05, 0) is 28.8 Å². The highest BCUT2D eigenvalue weighted by Crippen LogP contribution is 2.15. The second-order valence-electron chi connectivity index (χ2n) is 3.14. The predicted octanol–water partition coefficient (Wildman–Crippen LogP) is 2.11. The van der Waals surface area contributed by atoms with Crippen LogP contribution in [0.1, 0.15) is 21.6 Å². The molecule has 2 heterocycles. The number of aromatic nitrogens is 2. The molecule has 0 N–H and O–H groups in total. The molecule has 0 atom stereocenters. The maximum Gasteiger partial charge on any atom is 0.168 e. The van der Waals surface area contributed by atoms with E-state index in [-0.39, 0.29) is 0 Å². The zero-order chi connectivity index (χ0) is 9.97. The van der Waals surface area contributed by atoms with E-state index in [0.717, 1.165) is 12.8 Å². The molecule has 14 heavy (non-hydrogen) atoms. The molecule has 0 saturated heterocycles. The first kappa shape index (κ1) is 9.15. The highest BCUT2D eigenvalue weighted by Gasteiger charge is 2.03. The van der Waals surface area contributed by atoms with Crippen molar-refractivity contribution in [3.63, 3.8) is 0 Å². The van der Waals surface area contributed by atoms with Crippen molar-refractivity contribution in [1.29, 1.82) is 0 Å². The number of hydrogen-bond donors (Lipinski definition) is 0. The Balaban J connectivity index is 2.27. The molecule has 0 aliphatic carbocycles. The fourth-order valence-corrected chi connectivity index (χ4v) is 2.14. The monoisotopic (exact) mass is 206 g/mol. The van der Waals surface area contributed by atoms with Gasteiger partial charge in [0.2, 0.25) is 0 Å². The number of nitrogens with zero attached hydrogens (tertiary/aromatic N) is 2. The van der Waals surface area contributed by atoms with Gasteiger partial charge in [0.1, 0.15) is 5.69 Å². The summed E-state index contributed by atoms with van der Waals surface area (Å²) < 4.78 is 1.85. The van der Waals surface area contributed by atoms with Gasteiger partial charge in [0.25, 0.3) is 0 Å². The van der Waals surface area contributed by atoms with Crippen LogP contribution in [0.25, 0.3) is 0 Å². The second-order valence-corrected chi connectivity index (χ2v) is 3.89. The molecule has 0 radical (unpaired) electrons. The van der Waals surface area contributed by atoms with Crippen LogP contribution in [-0.4, -0.2) is 15.8 Å². The molecule has 72 valence electrons. The van der Waals surface area contributed by atoms with Gasteiger partial charge in [0.15, 0.2) is 6.29 Å². The lowest BCUT2D eigenvalue weighted by Gasteiger charge is -2.03. The quantitative estimate of drug-likeness (QED) is 0.721. The van der Waals surface area contributed by atoms with E-state index in [9.17, 15) is 4.79 Å². The highest BCUT2D eigenvalue weighted by atomic mass is 32.1. The summed E-state index contributed by atoms with van der Waals surface area (Å²) in [5.41, 5.74) is 3.13. The Morgan fingerprint density at radius 1 is 1.57 bits per heavy atom. The van der Waals surface area contributed by atoms with E-state index in [4.69, 9.17) is 0 Å². The third kappa shape index (κ3) is 1.61. The molecular weight excluding hydrogens is 196 g/mol. The molecule has 0 aromatic carbocycles. The van der Waals surface area contributed by atoms with Crippen LogP contribution >= 0.6 is 11.3 Å². The van der Waals surface area contributed by atoms with Gasteiger partial charge >= 0.3 is 0 Å². The van der Waals surface area contributed by atoms with E-state index in [1.54, 1.807) is 23.9 Å². The molecule has 2 aromatic rings. The fraction of sp³-hybridized carbons (Fsp3) is 0.200. The van der Waals surface area contributed by atoms with Gasteiger partial charge in [-0.15, -0.1) is 0 Å². The molecule has 0 bridgehead atoms. The number of aryl methyl sites for hydroxylation is 1. The predicted molar refractivity (Wildman–Crippen MR) is 55.8 cm³/mol. The Kier molecular flexibility index (Phi) is 2.45. The Morgan fingerprint density at radius 3 is 3.07 bits per heavy atom. The molecule has 0 unspecified atom stereocenters. The van der Waals surface area contributed by atoms with E-state index >= 15 is 0 Å². The third-order valence-corrected chi connectivity index (χ3v) is 3.08. The number of aldehydes is 1. The van der Waals surface area contributed by atoms with Crippen LogP contribution in [0.5, 0.6) is 0 Å². The van der Waals surface area contributed by atoms with E-state index in [0.29, 0.717) is 5.69 Å². The van der Waals surface area contributed by atoms with Gasteiger partial charge in [-0.2, -0.15) is 11.3 Å². The van der Waals surface area contributed by atoms with Gasteiger partial charge in [-0.3, -0.25) is 4.79 Å². The zero-order valence-electron chi connectivity index (χ0n) is 7.80. The minimum absolute atomic E-state index is 0.621. The lowest BCUT2D eigenvalue weighted by Crippen LogP contribution is -2.02. The molecule has 0 saturated carbocycles. The normalized spacial score (nSPS) is 10.4. The topological polar surface area (TPSA) is 34.9 Å². The molecule has 0 aliphatic heterocycles. The Bertz CT molecular complexity index is 444. The summed E-state index contributed by atoms with van der Waals surface area (Å²) in [5.74, 6) is 0. The Labute approximate surface area is 86.0 Å². The van der Waals surface area contributed by atoms with E-state index in [1.807, 2.05) is 4.57 Å². The van der Waals surface area contributed by atoms with Crippen molar-refractivity contribution in [2.45, 2.75) is 13.5 Å². The molecule has 0 fully saturated rings. The first-order valence-corrected chi connectivity index (χ1v) is 5.22. The summed E-state index contributed by atoms with van der Waals surface area (Å²) in [7, 11) is 0. The minimum atomic E-state index is 0.621. The van der Waals surface area contributed by atoms with Gasteiger partial charge < -0.3 is 4.57 Å². The highest BCUT2D eigenvalue weighted by molar-refractivity contribution is 7.08. The van der Waals surface area contributed by atoms with Crippen molar-refractivity contribution in [1.82, 2.24) is 9.55 Å². The second kappa shape index (κ2) is 3.75. The lowest BCUT2D eigenvalue weighted by atomic mass is 10.2. The fourth-order valence-electron chi connectivity index (χ4n) is 1.29. The molecule has 0 aliphatic rings. The van der Waals surface area contributed by atoms with Crippen LogP contribution in [0.2, 0.25) is 0 Å². The van der Waals surface area contributed by atoms with Crippen molar-refractivity contribution in [3.8, 4) is 0 Å². The summed E-state index contributed by atoms with van der Waals surface area (Å²) in [6.45, 7) is 2.80. The van der Waals surface area contributed by atoms with Crippen molar-refractivity contribution >= 4 is 17.6 Å². The van der Waals surface area contributed by atoms with Crippen LogP contribution in [0, 0.1) is 6.92 Å². The summed E-state index contributed by atoms with van der Waals surface area (Å²) in [6.07, 6.45) is 4.09. The Morgan fingerprint density at radius 2 is 2.43 bits per heavy atom. The zero-order valence-corrected chi connectivity index (χ0v) is 8.62. The van der Waals surface area contributed by atoms with Gasteiger partial charge in [0.05, 0.1) is 19.1 Å². The lowest BCUT2D eigenvalue weighted by molar-refractivity contribution is 0.111. The summed E-state index contributed by atoms with van der Waals surface area (Å²) in [5, 5.41) is 4.21. The standard InChI is InChI=1S/C10H10N2OS/c1-8-5-14-6-9(8)3-12-7-11-2-10(12)4-13/h2,4-7H,3H2,1H3. The average Bonchev–Trinajstić information content (AvgIpc) is 2.77. The molecule has 4 heteroatoms. The summed E-state index contributed by atoms with van der Waals surface area (Å²) in [6, 6.07) is 0. The number of imidazole rings is 1. The number of carbonyl (C=O) groups excluding carboxylic acids is 1. The molecule has 2 rings (SSSR count). The maximum absolute atomic E-state index is 10.6. The number of carbonyl (C=O) groups is 1. The minimum Gasteiger partial charge on any atom is -0.324 e. The number of rotatable bonds is 3. The molecule has 3 nitrogen and oxygen atoms in total. The van der Waals surface area contributed by atoms with Crippen molar-refractivity contribution in [2.24, 2.45) is 0 Å². The molecule has 0 spiro atoms. The first-order chi connectivity index (χ1) is 6.81. The van der Waals surface area contributed by atoms with Crippen LogP contribution in [-0.2, 0) is 6.54 Å². The smallest absolute Gasteiger partial charge is 0.168 e. The summed E-state index contributed by atoms with van der Waals surface area (Å²) >= 11 is 1.68. The maximum atomic E-state index is 10.6. The molecule has 0 amide bonds.